The zero-order chi connectivity index (χ0) is 17.9. The largest absolute Gasteiger partial charge is 0.423 e. The van der Waals surface area contributed by atoms with Crippen molar-refractivity contribution in [3.63, 3.8) is 0 Å². The maximum atomic E-state index is 12.5. The maximum absolute atomic E-state index is 12.5. The van der Waals surface area contributed by atoms with E-state index in [0.29, 0.717) is 33.4 Å². The number of aromatic nitrogens is 2. The SMILES string of the molecule is CSc1nc(C(C)C)nc(C)c1C(=O)Oc1ccc(C(C)=O)cc1. The predicted octanol–water partition coefficient (Wildman–Crippen LogP) is 4.05. The topological polar surface area (TPSA) is 69.2 Å². The van der Waals surface area contributed by atoms with E-state index in [1.54, 1.807) is 31.2 Å². The summed E-state index contributed by atoms with van der Waals surface area (Å²) in [5.41, 5.74) is 1.55. The fourth-order valence-electron chi connectivity index (χ4n) is 2.12. The molecular weight excluding hydrogens is 324 g/mol. The molecule has 0 atom stereocenters. The summed E-state index contributed by atoms with van der Waals surface area (Å²) in [4.78, 5) is 32.7. The molecule has 6 heteroatoms. The van der Waals surface area contributed by atoms with Crippen molar-refractivity contribution in [1.29, 1.82) is 0 Å². The van der Waals surface area contributed by atoms with Crippen molar-refractivity contribution in [2.45, 2.75) is 38.6 Å². The molecule has 24 heavy (non-hydrogen) atoms. The lowest BCUT2D eigenvalue weighted by Gasteiger charge is -2.13. The van der Waals surface area contributed by atoms with Crippen molar-refractivity contribution < 1.29 is 14.3 Å². The highest BCUT2D eigenvalue weighted by Crippen LogP contribution is 2.25. The van der Waals surface area contributed by atoms with Gasteiger partial charge in [-0.05, 0) is 44.4 Å². The van der Waals surface area contributed by atoms with Crippen LogP contribution in [0.1, 0.15) is 58.9 Å². The molecule has 5 nitrogen and oxygen atoms in total. The van der Waals surface area contributed by atoms with Gasteiger partial charge in [0.15, 0.2) is 5.78 Å². The second-order valence-electron chi connectivity index (χ2n) is 5.68. The van der Waals surface area contributed by atoms with Gasteiger partial charge in [0, 0.05) is 11.5 Å². The molecule has 0 saturated heterocycles. The van der Waals surface area contributed by atoms with Crippen LogP contribution in [0.2, 0.25) is 0 Å². The lowest BCUT2D eigenvalue weighted by Crippen LogP contribution is -2.15. The molecule has 126 valence electrons. The van der Waals surface area contributed by atoms with Crippen LogP contribution < -0.4 is 4.74 Å². The number of aryl methyl sites for hydroxylation is 1. The van der Waals surface area contributed by atoms with Crippen molar-refractivity contribution in [2.24, 2.45) is 0 Å². The minimum absolute atomic E-state index is 0.0361. The fourth-order valence-corrected chi connectivity index (χ4v) is 2.74. The summed E-state index contributed by atoms with van der Waals surface area (Å²) in [6, 6.07) is 6.47. The van der Waals surface area contributed by atoms with Crippen LogP contribution in [0, 0.1) is 6.92 Å². The van der Waals surface area contributed by atoms with Gasteiger partial charge in [-0.3, -0.25) is 4.79 Å². The Bertz CT molecular complexity index is 771. The number of nitrogens with zero attached hydrogens (tertiary/aromatic N) is 2. The Morgan fingerprint density at radius 3 is 2.25 bits per heavy atom. The van der Waals surface area contributed by atoms with Crippen LogP contribution in [-0.4, -0.2) is 28.0 Å². The van der Waals surface area contributed by atoms with Gasteiger partial charge in [-0.15, -0.1) is 11.8 Å². The Morgan fingerprint density at radius 2 is 1.75 bits per heavy atom. The molecule has 1 aromatic carbocycles. The zero-order valence-corrected chi connectivity index (χ0v) is 15.2. The second-order valence-corrected chi connectivity index (χ2v) is 6.47. The van der Waals surface area contributed by atoms with E-state index in [9.17, 15) is 9.59 Å². The van der Waals surface area contributed by atoms with E-state index in [2.05, 4.69) is 9.97 Å². The number of ketones is 1. The highest BCUT2D eigenvalue weighted by molar-refractivity contribution is 7.98. The number of thioether (sulfide) groups is 1. The first kappa shape index (κ1) is 18.1. The number of Topliss-reactive ketones (excluding diaryl/α,β-unsaturated/α-hetero) is 1. The molecule has 0 fully saturated rings. The highest BCUT2D eigenvalue weighted by atomic mass is 32.2. The number of hydrogen-bond donors (Lipinski definition) is 0. The summed E-state index contributed by atoms with van der Waals surface area (Å²) >= 11 is 1.39. The molecular formula is C18H20N2O3S. The number of rotatable bonds is 5. The number of hydrogen-bond acceptors (Lipinski definition) is 6. The van der Waals surface area contributed by atoms with Crippen LogP contribution in [0.4, 0.5) is 0 Å². The number of carbonyl (C=O) groups excluding carboxylic acids is 2. The summed E-state index contributed by atoms with van der Waals surface area (Å²) < 4.78 is 5.42. The first-order valence-electron chi connectivity index (χ1n) is 7.59. The number of carbonyl (C=O) groups is 2. The van der Waals surface area contributed by atoms with E-state index in [4.69, 9.17) is 4.74 Å². The van der Waals surface area contributed by atoms with Crippen molar-refractivity contribution in [3.05, 3.63) is 46.9 Å². The number of ether oxygens (including phenoxy) is 1. The monoisotopic (exact) mass is 344 g/mol. The molecule has 0 spiro atoms. The molecule has 0 unspecified atom stereocenters. The predicted molar refractivity (Wildman–Crippen MR) is 94.0 cm³/mol. The van der Waals surface area contributed by atoms with Crippen LogP contribution in [0.25, 0.3) is 0 Å². The fraction of sp³-hybridized carbons (Fsp3) is 0.333. The Balaban J connectivity index is 2.30. The van der Waals surface area contributed by atoms with Gasteiger partial charge < -0.3 is 4.74 Å². The van der Waals surface area contributed by atoms with Gasteiger partial charge in [-0.2, -0.15) is 0 Å². The van der Waals surface area contributed by atoms with Gasteiger partial charge >= 0.3 is 5.97 Å². The van der Waals surface area contributed by atoms with Crippen LogP contribution in [0.3, 0.4) is 0 Å². The van der Waals surface area contributed by atoms with Gasteiger partial charge in [0.05, 0.1) is 5.69 Å². The lowest BCUT2D eigenvalue weighted by molar-refractivity contribution is 0.0728. The summed E-state index contributed by atoms with van der Waals surface area (Å²) in [5, 5.41) is 0.608. The third-order valence-corrected chi connectivity index (χ3v) is 4.14. The Kier molecular flexibility index (Phi) is 5.72. The standard InChI is InChI=1S/C18H20N2O3S/c1-10(2)16-19-11(3)15(17(20-16)24-5)18(22)23-14-8-6-13(7-9-14)12(4)21/h6-10H,1-5H3. The summed E-state index contributed by atoms with van der Waals surface area (Å²) in [6.07, 6.45) is 1.87. The average molecular weight is 344 g/mol. The van der Waals surface area contributed by atoms with Gasteiger partial charge in [0.2, 0.25) is 0 Å². The first-order valence-corrected chi connectivity index (χ1v) is 8.81. The van der Waals surface area contributed by atoms with Crippen molar-refractivity contribution in [1.82, 2.24) is 9.97 Å². The zero-order valence-electron chi connectivity index (χ0n) is 14.4. The van der Waals surface area contributed by atoms with E-state index in [-0.39, 0.29) is 11.7 Å². The summed E-state index contributed by atoms with van der Waals surface area (Å²) in [7, 11) is 0. The molecule has 0 amide bonds. The van der Waals surface area contributed by atoms with Crippen LogP contribution in [-0.2, 0) is 0 Å². The second kappa shape index (κ2) is 7.57. The molecule has 0 aliphatic heterocycles. The van der Waals surface area contributed by atoms with E-state index >= 15 is 0 Å². The third-order valence-electron chi connectivity index (χ3n) is 3.46. The van der Waals surface area contributed by atoms with Crippen LogP contribution >= 0.6 is 11.8 Å². The van der Waals surface area contributed by atoms with Gasteiger partial charge in [-0.25, -0.2) is 14.8 Å². The smallest absolute Gasteiger partial charge is 0.348 e. The first-order chi connectivity index (χ1) is 11.3. The van der Waals surface area contributed by atoms with E-state index < -0.39 is 5.97 Å². The molecule has 0 aliphatic carbocycles. The molecule has 1 heterocycles. The molecule has 0 aliphatic rings. The molecule has 1 aromatic heterocycles. The number of benzene rings is 1. The van der Waals surface area contributed by atoms with Gasteiger partial charge in [-0.1, -0.05) is 13.8 Å². The van der Waals surface area contributed by atoms with Crippen LogP contribution in [0.15, 0.2) is 29.3 Å². The lowest BCUT2D eigenvalue weighted by atomic mass is 10.1. The Labute approximate surface area is 145 Å². The van der Waals surface area contributed by atoms with E-state index in [1.165, 1.54) is 18.7 Å². The third kappa shape index (κ3) is 4.00. The highest BCUT2D eigenvalue weighted by Gasteiger charge is 2.21. The van der Waals surface area contributed by atoms with Gasteiger partial charge in [0.1, 0.15) is 22.2 Å². The van der Waals surface area contributed by atoms with Crippen molar-refractivity contribution in [2.75, 3.05) is 6.26 Å². The molecule has 0 radical (unpaired) electrons. The Hall–Kier alpha value is -2.21. The van der Waals surface area contributed by atoms with Gasteiger partial charge in [0.25, 0.3) is 0 Å². The maximum Gasteiger partial charge on any atom is 0.348 e. The average Bonchev–Trinajstić information content (AvgIpc) is 2.54. The molecule has 2 rings (SSSR count). The minimum atomic E-state index is -0.497. The van der Waals surface area contributed by atoms with E-state index in [1.807, 2.05) is 20.1 Å². The number of esters is 1. The molecule has 0 N–H and O–H groups in total. The normalized spacial score (nSPS) is 10.8. The molecule has 0 bridgehead atoms. The van der Waals surface area contributed by atoms with Crippen molar-refractivity contribution in [3.8, 4) is 5.75 Å². The Morgan fingerprint density at radius 1 is 1.12 bits per heavy atom. The summed E-state index contributed by atoms with van der Waals surface area (Å²) in [6.45, 7) is 7.28. The molecule has 0 saturated carbocycles. The minimum Gasteiger partial charge on any atom is -0.423 e. The summed E-state index contributed by atoms with van der Waals surface area (Å²) in [5.74, 6) is 0.733. The van der Waals surface area contributed by atoms with Crippen molar-refractivity contribution >= 4 is 23.5 Å². The van der Waals surface area contributed by atoms with Crippen LogP contribution in [0.5, 0.6) is 5.75 Å². The molecule has 2 aromatic rings. The quantitative estimate of drug-likeness (QED) is 0.268. The van der Waals surface area contributed by atoms with E-state index in [0.717, 1.165) is 0 Å².